The van der Waals surface area contributed by atoms with Crippen LogP contribution in [0.5, 0.6) is 0 Å². The fraction of sp³-hybridized carbons (Fsp3) is 0.208. The molecule has 0 saturated heterocycles. The fourth-order valence-corrected chi connectivity index (χ4v) is 3.31. The number of rotatable bonds is 8. The van der Waals surface area contributed by atoms with Crippen LogP contribution in [-0.2, 0) is 6.54 Å². The van der Waals surface area contributed by atoms with Crippen molar-refractivity contribution in [1.82, 2.24) is 15.2 Å². The molecule has 0 aliphatic heterocycles. The first-order valence-electron chi connectivity index (χ1n) is 9.97. The van der Waals surface area contributed by atoms with E-state index in [4.69, 9.17) is 5.26 Å². The van der Waals surface area contributed by atoms with Crippen LogP contribution in [0.25, 0.3) is 0 Å². The maximum absolute atomic E-state index is 14.2. The minimum absolute atomic E-state index is 0.0334. The third-order valence-electron chi connectivity index (χ3n) is 4.99. The van der Waals surface area contributed by atoms with Crippen LogP contribution in [0.1, 0.15) is 33.1 Å². The molecule has 3 aromatic rings. The van der Waals surface area contributed by atoms with Crippen molar-refractivity contribution >= 4 is 11.7 Å². The average Bonchev–Trinajstić information content (AvgIpc) is 2.79. The number of nitrogens with one attached hydrogen (secondary N) is 2. The number of hydrogen-bond donors (Lipinski definition) is 2. The van der Waals surface area contributed by atoms with E-state index in [-0.39, 0.29) is 18.0 Å². The van der Waals surface area contributed by atoms with Crippen molar-refractivity contribution in [3.05, 3.63) is 94.7 Å². The van der Waals surface area contributed by atoms with Crippen LogP contribution in [0.2, 0.25) is 0 Å². The molecule has 32 heavy (non-hydrogen) atoms. The molecule has 6 nitrogen and oxygen atoms in total. The summed E-state index contributed by atoms with van der Waals surface area (Å²) in [5.74, 6) is -1.20. The third kappa shape index (κ3) is 5.45. The van der Waals surface area contributed by atoms with Gasteiger partial charge in [0.25, 0.3) is 5.91 Å². The summed E-state index contributed by atoms with van der Waals surface area (Å²) in [6.45, 7) is 0.402. The second-order valence-electron chi connectivity index (χ2n) is 7.39. The lowest BCUT2D eigenvalue weighted by Crippen LogP contribution is -2.35. The van der Waals surface area contributed by atoms with Gasteiger partial charge in [0.15, 0.2) is 0 Å². The zero-order chi connectivity index (χ0) is 23.1. The molecule has 2 aromatic carbocycles. The molecule has 0 bridgehead atoms. The van der Waals surface area contributed by atoms with Crippen LogP contribution in [-0.4, -0.2) is 36.4 Å². The predicted octanol–water partition coefficient (Wildman–Crippen LogP) is 3.88. The number of benzene rings is 2. The molecule has 0 unspecified atom stereocenters. The highest BCUT2D eigenvalue weighted by molar-refractivity contribution is 5.94. The standard InChI is InChI=1S/C24H23F2N5O/c1-31(2)21(22-19(25)9-4-10-20(22)26)15-30-24(32)17-7-3-6-16(12-17)14-29-23-18(13-27)8-5-11-28-23/h3-12,21H,14-15H2,1-2H3,(H,28,29)(H,30,32)/t21-/m0/s1. The number of hydrogen-bond acceptors (Lipinski definition) is 5. The number of nitrogens with zero attached hydrogens (tertiary/aromatic N) is 3. The van der Waals surface area contributed by atoms with Crippen molar-refractivity contribution in [3.8, 4) is 6.07 Å². The van der Waals surface area contributed by atoms with Crippen molar-refractivity contribution in [1.29, 1.82) is 5.26 Å². The summed E-state index contributed by atoms with van der Waals surface area (Å²) >= 11 is 0. The van der Waals surface area contributed by atoms with Gasteiger partial charge in [-0.25, -0.2) is 13.8 Å². The van der Waals surface area contributed by atoms with Gasteiger partial charge >= 0.3 is 0 Å². The molecule has 1 atom stereocenters. The highest BCUT2D eigenvalue weighted by Gasteiger charge is 2.23. The number of nitriles is 1. The normalized spacial score (nSPS) is 11.6. The Morgan fingerprint density at radius 3 is 2.53 bits per heavy atom. The Hall–Kier alpha value is -3.83. The van der Waals surface area contributed by atoms with Crippen LogP contribution < -0.4 is 10.6 Å². The lowest BCUT2D eigenvalue weighted by atomic mass is 10.0. The Balaban J connectivity index is 1.68. The second-order valence-corrected chi connectivity index (χ2v) is 7.39. The maximum Gasteiger partial charge on any atom is 0.251 e. The lowest BCUT2D eigenvalue weighted by molar-refractivity contribution is 0.0940. The zero-order valence-corrected chi connectivity index (χ0v) is 17.8. The fourth-order valence-electron chi connectivity index (χ4n) is 3.31. The van der Waals surface area contributed by atoms with Gasteiger partial charge in [-0.1, -0.05) is 18.2 Å². The first-order valence-corrected chi connectivity index (χ1v) is 9.97. The van der Waals surface area contributed by atoms with E-state index in [1.807, 2.05) is 6.07 Å². The van der Waals surface area contributed by atoms with Crippen molar-refractivity contribution in [2.75, 3.05) is 26.0 Å². The van der Waals surface area contributed by atoms with E-state index in [0.717, 1.165) is 5.56 Å². The Morgan fingerprint density at radius 1 is 1.12 bits per heavy atom. The van der Waals surface area contributed by atoms with Crippen LogP contribution in [0.4, 0.5) is 14.6 Å². The molecule has 1 amide bonds. The minimum atomic E-state index is -0.668. The highest BCUT2D eigenvalue weighted by Crippen LogP contribution is 2.24. The molecule has 0 spiro atoms. The van der Waals surface area contributed by atoms with Gasteiger partial charge in [-0.05, 0) is 56.1 Å². The molecule has 1 aromatic heterocycles. The first kappa shape index (κ1) is 22.8. The average molecular weight is 435 g/mol. The number of likely N-dealkylation sites (N-methyl/N-ethyl adjacent to an activating group) is 1. The number of pyridine rings is 1. The van der Waals surface area contributed by atoms with Gasteiger partial charge < -0.3 is 15.5 Å². The summed E-state index contributed by atoms with van der Waals surface area (Å²) in [6, 6.07) is 15.4. The Kier molecular flexibility index (Phi) is 7.47. The molecule has 0 aliphatic carbocycles. The minimum Gasteiger partial charge on any atom is -0.365 e. The molecule has 3 rings (SSSR count). The van der Waals surface area contributed by atoms with Gasteiger partial charge in [0.05, 0.1) is 11.6 Å². The van der Waals surface area contributed by atoms with Crippen LogP contribution in [0, 0.1) is 23.0 Å². The van der Waals surface area contributed by atoms with Crippen LogP contribution in [0.15, 0.2) is 60.8 Å². The number of carbonyl (C=O) groups is 1. The first-order chi connectivity index (χ1) is 15.4. The van der Waals surface area contributed by atoms with E-state index in [2.05, 4.69) is 21.7 Å². The van der Waals surface area contributed by atoms with E-state index in [0.29, 0.717) is 23.5 Å². The molecule has 0 saturated carbocycles. The molecule has 2 N–H and O–H groups in total. The SMILES string of the molecule is CN(C)[C@@H](CNC(=O)c1cccc(CNc2ncccc2C#N)c1)c1c(F)cccc1F. The summed E-state index contributed by atoms with van der Waals surface area (Å²) in [6.07, 6.45) is 1.59. The Morgan fingerprint density at radius 2 is 1.84 bits per heavy atom. The van der Waals surface area contributed by atoms with Gasteiger partial charge in [-0.2, -0.15) is 5.26 Å². The van der Waals surface area contributed by atoms with Crippen molar-refractivity contribution < 1.29 is 13.6 Å². The van der Waals surface area contributed by atoms with Crippen molar-refractivity contribution in [2.24, 2.45) is 0 Å². The van der Waals surface area contributed by atoms with E-state index in [1.54, 1.807) is 55.5 Å². The summed E-state index contributed by atoms with van der Waals surface area (Å²) < 4.78 is 28.5. The summed E-state index contributed by atoms with van der Waals surface area (Å²) in [4.78, 5) is 18.5. The molecular weight excluding hydrogens is 412 g/mol. The number of amides is 1. The quantitative estimate of drug-likeness (QED) is 0.561. The smallest absolute Gasteiger partial charge is 0.251 e. The largest absolute Gasteiger partial charge is 0.365 e. The van der Waals surface area contributed by atoms with Gasteiger partial charge in [0, 0.05) is 30.4 Å². The number of halogens is 2. The second kappa shape index (κ2) is 10.5. The van der Waals surface area contributed by atoms with E-state index in [9.17, 15) is 13.6 Å². The summed E-state index contributed by atoms with van der Waals surface area (Å²) in [5.41, 5.74) is 1.57. The van der Waals surface area contributed by atoms with Crippen molar-refractivity contribution in [3.63, 3.8) is 0 Å². The molecule has 8 heteroatoms. The summed E-state index contributed by atoms with van der Waals surface area (Å²) in [7, 11) is 3.39. The maximum atomic E-state index is 14.2. The topological polar surface area (TPSA) is 81.1 Å². The van der Waals surface area contributed by atoms with Gasteiger partial charge in [0.1, 0.15) is 23.5 Å². The van der Waals surface area contributed by atoms with Crippen LogP contribution >= 0.6 is 0 Å². The molecule has 164 valence electrons. The third-order valence-corrected chi connectivity index (χ3v) is 4.99. The monoisotopic (exact) mass is 435 g/mol. The summed E-state index contributed by atoms with van der Waals surface area (Å²) in [5, 5.41) is 15.0. The molecule has 0 fully saturated rings. The van der Waals surface area contributed by atoms with Gasteiger partial charge in [0.2, 0.25) is 0 Å². The van der Waals surface area contributed by atoms with Gasteiger partial charge in [-0.15, -0.1) is 0 Å². The molecule has 1 heterocycles. The lowest BCUT2D eigenvalue weighted by Gasteiger charge is -2.26. The number of carbonyl (C=O) groups excluding carboxylic acids is 1. The highest BCUT2D eigenvalue weighted by atomic mass is 19.1. The van der Waals surface area contributed by atoms with E-state index >= 15 is 0 Å². The van der Waals surface area contributed by atoms with E-state index in [1.165, 1.54) is 18.2 Å². The van der Waals surface area contributed by atoms with Crippen LogP contribution in [0.3, 0.4) is 0 Å². The number of anilines is 1. The Bertz CT molecular complexity index is 1120. The number of aromatic nitrogens is 1. The predicted molar refractivity (Wildman–Crippen MR) is 118 cm³/mol. The van der Waals surface area contributed by atoms with Crippen molar-refractivity contribution in [2.45, 2.75) is 12.6 Å². The van der Waals surface area contributed by atoms with Gasteiger partial charge in [-0.3, -0.25) is 4.79 Å². The molecule has 0 aliphatic rings. The Labute approximate surface area is 185 Å². The molecule has 0 radical (unpaired) electrons. The zero-order valence-electron chi connectivity index (χ0n) is 17.8. The van der Waals surface area contributed by atoms with E-state index < -0.39 is 17.7 Å². The molecular formula is C24H23F2N5O.